The molecule has 7 heterocycles. The predicted octanol–water partition coefficient (Wildman–Crippen LogP) is 35.1. The maximum absolute atomic E-state index is 5.94. The molecule has 7 heteroatoms. The first-order valence-electron chi connectivity index (χ1n) is 41.9. The zero-order chi connectivity index (χ0) is 81.8. The summed E-state index contributed by atoms with van der Waals surface area (Å²) in [6.45, 7) is 31.2. The van der Waals surface area contributed by atoms with Crippen molar-refractivity contribution in [3.05, 3.63) is 367 Å². The molecule has 0 radical (unpaired) electrons. The molecule has 0 spiro atoms. The third kappa shape index (κ3) is 16.2. The fraction of sp³-hybridized carbons (Fsp3) is 0.189. The molecule has 588 valence electrons. The van der Waals surface area contributed by atoms with Gasteiger partial charge >= 0.3 is 0 Å². The van der Waals surface area contributed by atoms with Crippen molar-refractivity contribution in [2.75, 3.05) is 0 Å². The Balaban J connectivity index is 0.000000103. The minimum absolute atomic E-state index is 0.490. The molecule has 118 heavy (non-hydrogen) atoms. The van der Waals surface area contributed by atoms with Crippen LogP contribution in [0, 0.1) is 0 Å². The van der Waals surface area contributed by atoms with Gasteiger partial charge < -0.3 is 22.2 Å². The van der Waals surface area contributed by atoms with Gasteiger partial charge in [0.15, 0.2) is 0 Å². The summed E-state index contributed by atoms with van der Waals surface area (Å²) in [6, 6.07) is 115. The molecular formula is C111H103NO4S2. The number of fused-ring (bicyclic) bond motifs is 21. The minimum atomic E-state index is 0.490. The number of furan rings is 4. The van der Waals surface area contributed by atoms with E-state index in [2.05, 4.69) is 368 Å². The van der Waals surface area contributed by atoms with Gasteiger partial charge in [0, 0.05) is 99.9 Å². The summed E-state index contributed by atoms with van der Waals surface area (Å²) in [5.41, 5.74) is 21.4. The van der Waals surface area contributed by atoms with Gasteiger partial charge in [-0.2, -0.15) is 0 Å². The molecule has 0 aliphatic rings. The summed E-state index contributed by atoms with van der Waals surface area (Å²) in [5.74, 6) is 3.78. The largest absolute Gasteiger partial charge is 0.456 e. The summed E-state index contributed by atoms with van der Waals surface area (Å²) in [5, 5.41) is 18.1. The maximum Gasteiger partial charge on any atom is 0.138 e. The Hall–Kier alpha value is -12.3. The van der Waals surface area contributed by atoms with Gasteiger partial charge in [0.05, 0.1) is 11.0 Å². The van der Waals surface area contributed by atoms with Crippen LogP contribution >= 0.6 is 22.7 Å². The van der Waals surface area contributed by atoms with Crippen LogP contribution in [0.2, 0.25) is 0 Å². The Morgan fingerprint density at radius 3 is 1.23 bits per heavy atom. The van der Waals surface area contributed by atoms with Crippen molar-refractivity contribution >= 4 is 173 Å². The van der Waals surface area contributed by atoms with Crippen LogP contribution in [-0.2, 0) is 0 Å². The van der Waals surface area contributed by atoms with Gasteiger partial charge in [0.25, 0.3) is 0 Å². The van der Waals surface area contributed by atoms with Crippen LogP contribution in [0.3, 0.4) is 0 Å². The summed E-state index contributed by atoms with van der Waals surface area (Å²) >= 11 is 3.78. The van der Waals surface area contributed by atoms with Gasteiger partial charge in [-0.05, 0) is 177 Å². The minimum Gasteiger partial charge on any atom is -0.456 e. The molecule has 5 nitrogen and oxygen atoms in total. The van der Waals surface area contributed by atoms with Crippen molar-refractivity contribution in [3.63, 3.8) is 0 Å². The molecular weight excluding hydrogens is 1480 g/mol. The summed E-state index contributed by atoms with van der Waals surface area (Å²) in [6.07, 6.45) is 0. The van der Waals surface area contributed by atoms with Gasteiger partial charge in [-0.25, -0.2) is 0 Å². The third-order valence-corrected chi connectivity index (χ3v) is 25.0. The van der Waals surface area contributed by atoms with Gasteiger partial charge in [-0.1, -0.05) is 327 Å². The molecule has 0 atom stereocenters. The molecule has 0 amide bonds. The number of thiophene rings is 2. The second kappa shape index (κ2) is 34.9. The van der Waals surface area contributed by atoms with E-state index in [-0.39, 0.29) is 0 Å². The van der Waals surface area contributed by atoms with E-state index < -0.39 is 0 Å². The molecule has 0 saturated carbocycles. The lowest BCUT2D eigenvalue weighted by Crippen LogP contribution is -1.97. The fourth-order valence-corrected chi connectivity index (χ4v) is 18.7. The van der Waals surface area contributed by atoms with E-state index in [1.165, 1.54) is 150 Å². The van der Waals surface area contributed by atoms with Gasteiger partial charge in [0.2, 0.25) is 0 Å². The van der Waals surface area contributed by atoms with E-state index in [1.54, 1.807) is 0 Å². The van der Waals surface area contributed by atoms with Crippen LogP contribution in [0.5, 0.6) is 0 Å². The average Bonchev–Trinajstić information content (AvgIpc) is 1.59. The van der Waals surface area contributed by atoms with Crippen LogP contribution in [0.1, 0.15) is 177 Å². The van der Waals surface area contributed by atoms with Crippen molar-refractivity contribution in [2.45, 2.75) is 138 Å². The smallest absolute Gasteiger partial charge is 0.138 e. The van der Waals surface area contributed by atoms with Gasteiger partial charge in [-0.15, -0.1) is 22.7 Å². The highest BCUT2D eigenvalue weighted by Gasteiger charge is 2.19. The highest BCUT2D eigenvalue weighted by Crippen LogP contribution is 2.43. The van der Waals surface area contributed by atoms with Crippen molar-refractivity contribution in [1.82, 2.24) is 4.57 Å². The van der Waals surface area contributed by atoms with Crippen LogP contribution in [0.15, 0.2) is 345 Å². The van der Waals surface area contributed by atoms with Crippen molar-refractivity contribution < 1.29 is 17.7 Å². The Morgan fingerprint density at radius 1 is 0.212 bits per heavy atom. The molecule has 0 aliphatic heterocycles. The molecule has 22 aromatic rings. The number of nitrogens with zero attached hydrogens (tertiary/aromatic N) is 1. The average molecular weight is 1580 g/mol. The summed E-state index contributed by atoms with van der Waals surface area (Å²) in [7, 11) is 0. The standard InChI is InChI=1S/C21H19N.4C15H14O.2C15H14S/c1-15(2)17-12-8-13-19-18-11-6-7-14-20(18)22(21(17)19)16-9-4-3-5-10-16;1-10(2)11-7-5-8-13-12-6-3-4-9-14(12)16-15(11)13;1-10(2)11-7-5-9-14-15(11)12-6-3-4-8-13(12)16-14;1-10(2)11-7-8-15-13(9-11)12-5-3-4-6-14(12)16-15;1-10(2)11-7-8-13-12-5-3-4-6-14(12)16-15(13)9-11;1-10(2)11-7-5-9-14-15(11)12-6-3-4-8-13(12)16-14;1-10(2)11-7-8-15-13(9-11)12-5-3-4-6-14(12)16-15/h3-15H,1-2H3;6*3-10H,1-2H3. The Morgan fingerprint density at radius 2 is 0.593 bits per heavy atom. The second-order valence-corrected chi connectivity index (χ2v) is 35.2. The van der Waals surface area contributed by atoms with E-state index in [0.29, 0.717) is 41.4 Å². The Labute approximate surface area is 700 Å². The normalized spacial score (nSPS) is 11.7. The number of rotatable bonds is 8. The van der Waals surface area contributed by atoms with Gasteiger partial charge in [0.1, 0.15) is 44.7 Å². The fourth-order valence-electron chi connectivity index (χ4n) is 16.5. The van der Waals surface area contributed by atoms with E-state index in [4.69, 9.17) is 17.7 Å². The number of hydrogen-bond donors (Lipinski definition) is 0. The van der Waals surface area contributed by atoms with E-state index >= 15 is 0 Å². The highest BCUT2D eigenvalue weighted by molar-refractivity contribution is 7.26. The van der Waals surface area contributed by atoms with Crippen LogP contribution < -0.4 is 0 Å². The first-order chi connectivity index (χ1) is 57.3. The molecule has 0 unspecified atom stereocenters. The highest BCUT2D eigenvalue weighted by atomic mass is 32.1. The summed E-state index contributed by atoms with van der Waals surface area (Å²) < 4.78 is 31.4. The quantitative estimate of drug-likeness (QED) is 0.152. The molecule has 7 aromatic heterocycles. The zero-order valence-corrected chi connectivity index (χ0v) is 71.7. The molecule has 0 saturated heterocycles. The Kier molecular flexibility index (Phi) is 23.5. The number of hydrogen-bond acceptors (Lipinski definition) is 6. The Bertz CT molecular complexity index is 6990. The monoisotopic (exact) mass is 1580 g/mol. The van der Waals surface area contributed by atoms with Crippen LogP contribution in [0.4, 0.5) is 0 Å². The van der Waals surface area contributed by atoms with E-state index in [0.717, 1.165) is 44.7 Å². The third-order valence-electron chi connectivity index (χ3n) is 22.7. The predicted molar refractivity (Wildman–Crippen MR) is 513 cm³/mol. The van der Waals surface area contributed by atoms with Gasteiger partial charge in [-0.3, -0.25) is 0 Å². The molecule has 0 aliphatic carbocycles. The maximum atomic E-state index is 5.94. The topological polar surface area (TPSA) is 57.5 Å². The first-order valence-corrected chi connectivity index (χ1v) is 43.5. The first kappa shape index (κ1) is 79.6. The van der Waals surface area contributed by atoms with E-state index in [1.807, 2.05) is 83.3 Å². The molecule has 0 bridgehead atoms. The van der Waals surface area contributed by atoms with Crippen molar-refractivity contribution in [2.24, 2.45) is 0 Å². The van der Waals surface area contributed by atoms with Crippen molar-refractivity contribution in [3.8, 4) is 5.69 Å². The molecule has 15 aromatic carbocycles. The van der Waals surface area contributed by atoms with Crippen molar-refractivity contribution in [1.29, 1.82) is 0 Å². The summed E-state index contributed by atoms with van der Waals surface area (Å²) in [4.78, 5) is 0. The number of benzene rings is 15. The van der Waals surface area contributed by atoms with Crippen LogP contribution in [-0.4, -0.2) is 4.57 Å². The lowest BCUT2D eigenvalue weighted by molar-refractivity contribution is 0.657. The number of para-hydroxylation sites is 8. The SMILES string of the molecule is CC(C)c1ccc2c(c1)oc1ccccc12.CC(C)c1ccc2oc3ccccc3c2c1.CC(C)c1ccc2sc3ccccc3c2c1.CC(C)c1cccc2c1oc1ccccc12.CC(C)c1cccc2c3ccccc3n(-c3ccccc3)c12.CC(C)c1cccc2oc3ccccc3c12.CC(C)c1cccc2sc3ccccc3c12. The molecule has 22 rings (SSSR count). The molecule has 0 N–H and O–H groups in total. The second-order valence-electron chi connectivity index (χ2n) is 33.0. The lowest BCUT2D eigenvalue weighted by atomic mass is 9.97. The van der Waals surface area contributed by atoms with E-state index in [9.17, 15) is 0 Å². The van der Waals surface area contributed by atoms with Crippen LogP contribution in [0.25, 0.3) is 156 Å². The number of aromatic nitrogens is 1. The lowest BCUT2D eigenvalue weighted by Gasteiger charge is -2.13. The molecule has 0 fully saturated rings. The zero-order valence-electron chi connectivity index (χ0n) is 70.1.